The molecule has 29 heavy (non-hydrogen) atoms. The molecule has 3 rings (SSSR count). The summed E-state index contributed by atoms with van der Waals surface area (Å²) in [5.41, 5.74) is 1.70. The highest BCUT2D eigenvalue weighted by molar-refractivity contribution is 7.88. The first-order chi connectivity index (χ1) is 13.7. The van der Waals surface area contributed by atoms with E-state index in [1.54, 1.807) is 48.5 Å². The van der Waals surface area contributed by atoms with Crippen molar-refractivity contribution in [1.29, 1.82) is 0 Å². The summed E-state index contributed by atoms with van der Waals surface area (Å²) in [6, 6.07) is 13.4. The van der Waals surface area contributed by atoms with Gasteiger partial charge in [0.25, 0.3) is 0 Å². The molecule has 0 aliphatic carbocycles. The van der Waals surface area contributed by atoms with E-state index in [2.05, 4.69) is 5.32 Å². The molecule has 2 aromatic rings. The van der Waals surface area contributed by atoms with Gasteiger partial charge in [-0.25, -0.2) is 12.7 Å². The number of anilines is 1. The van der Waals surface area contributed by atoms with Crippen LogP contribution in [0.2, 0.25) is 5.02 Å². The van der Waals surface area contributed by atoms with Crippen molar-refractivity contribution in [2.75, 3.05) is 18.4 Å². The van der Waals surface area contributed by atoms with Gasteiger partial charge in [0, 0.05) is 29.4 Å². The molecule has 1 fully saturated rings. The molecule has 1 atom stereocenters. The largest absolute Gasteiger partial charge is 0.326 e. The van der Waals surface area contributed by atoms with Crippen LogP contribution in [0.4, 0.5) is 5.69 Å². The summed E-state index contributed by atoms with van der Waals surface area (Å²) in [4.78, 5) is 24.2. The van der Waals surface area contributed by atoms with Crippen LogP contribution < -0.4 is 5.32 Å². The minimum atomic E-state index is -3.54. The molecule has 1 saturated heterocycles. The number of carbonyl (C=O) groups excluding carboxylic acids is 2. The highest BCUT2D eigenvalue weighted by atomic mass is 35.5. The smallest absolute Gasteiger partial charge is 0.228 e. The second kappa shape index (κ2) is 9.07. The monoisotopic (exact) mass is 434 g/mol. The van der Waals surface area contributed by atoms with Crippen molar-refractivity contribution in [3.05, 3.63) is 64.7 Å². The lowest BCUT2D eigenvalue weighted by molar-refractivity contribution is -0.120. The maximum Gasteiger partial charge on any atom is 0.228 e. The molecule has 0 bridgehead atoms. The van der Waals surface area contributed by atoms with Gasteiger partial charge in [-0.2, -0.15) is 0 Å². The fraction of sp³-hybridized carbons (Fsp3) is 0.333. The van der Waals surface area contributed by atoms with Gasteiger partial charge < -0.3 is 5.32 Å². The molecule has 0 saturated carbocycles. The topological polar surface area (TPSA) is 83.6 Å². The lowest BCUT2D eigenvalue weighted by atomic mass is 9.98. The summed E-state index contributed by atoms with van der Waals surface area (Å²) < 4.78 is 27.0. The molecular weight excluding hydrogens is 412 g/mol. The van der Waals surface area contributed by atoms with Crippen molar-refractivity contribution in [3.63, 3.8) is 0 Å². The van der Waals surface area contributed by atoms with Gasteiger partial charge in [-0.1, -0.05) is 35.9 Å². The predicted molar refractivity (Wildman–Crippen MR) is 113 cm³/mol. The Kier molecular flexibility index (Phi) is 6.72. The van der Waals surface area contributed by atoms with Gasteiger partial charge in [0.15, 0.2) is 5.78 Å². The number of hydrogen-bond donors (Lipinski definition) is 1. The van der Waals surface area contributed by atoms with Gasteiger partial charge >= 0.3 is 0 Å². The minimum Gasteiger partial charge on any atom is -0.326 e. The molecule has 1 aliphatic heterocycles. The minimum absolute atomic E-state index is 0.0850. The molecule has 1 heterocycles. The molecule has 6 nitrogen and oxygen atoms in total. The zero-order valence-electron chi connectivity index (χ0n) is 16.1. The quantitative estimate of drug-likeness (QED) is 0.702. The van der Waals surface area contributed by atoms with E-state index in [0.717, 1.165) is 0 Å². The Balaban J connectivity index is 1.66. The molecule has 1 aliphatic rings. The molecule has 1 N–H and O–H groups in total. The number of amides is 1. The predicted octanol–water partition coefficient (Wildman–Crippen LogP) is 3.72. The van der Waals surface area contributed by atoms with Gasteiger partial charge in [0.1, 0.15) is 0 Å². The highest BCUT2D eigenvalue weighted by Crippen LogP contribution is 2.23. The normalized spacial score (nSPS) is 17.7. The Bertz CT molecular complexity index is 1010. The number of nitrogens with zero attached hydrogens (tertiary/aromatic N) is 1. The van der Waals surface area contributed by atoms with E-state index in [9.17, 15) is 18.0 Å². The summed E-state index contributed by atoms with van der Waals surface area (Å²) in [5, 5.41) is 3.36. The van der Waals surface area contributed by atoms with Crippen LogP contribution in [0, 0.1) is 5.92 Å². The zero-order valence-corrected chi connectivity index (χ0v) is 17.7. The number of rotatable bonds is 6. The van der Waals surface area contributed by atoms with Gasteiger partial charge in [-0.15, -0.1) is 0 Å². The van der Waals surface area contributed by atoms with Crippen molar-refractivity contribution < 1.29 is 18.0 Å². The molecule has 2 aromatic carbocycles. The van der Waals surface area contributed by atoms with E-state index in [0.29, 0.717) is 41.2 Å². The number of nitrogens with one attached hydrogen (secondary N) is 1. The second-order valence-electron chi connectivity index (χ2n) is 7.21. The van der Waals surface area contributed by atoms with Gasteiger partial charge in [-0.05, 0) is 49.6 Å². The number of halogens is 1. The third-order valence-corrected chi connectivity index (χ3v) is 7.02. The summed E-state index contributed by atoms with van der Waals surface area (Å²) >= 11 is 5.86. The molecule has 0 aromatic heterocycles. The van der Waals surface area contributed by atoms with Crippen LogP contribution in [0.3, 0.4) is 0 Å². The van der Waals surface area contributed by atoms with Crippen molar-refractivity contribution in [2.24, 2.45) is 5.92 Å². The third kappa shape index (κ3) is 5.65. The molecule has 0 spiro atoms. The van der Waals surface area contributed by atoms with Gasteiger partial charge in [-0.3, -0.25) is 9.59 Å². The van der Waals surface area contributed by atoms with Gasteiger partial charge in [0.05, 0.1) is 11.7 Å². The fourth-order valence-electron chi connectivity index (χ4n) is 3.35. The Labute approximate surface area is 175 Å². The Hall–Kier alpha value is -2.22. The van der Waals surface area contributed by atoms with Crippen LogP contribution in [0.5, 0.6) is 0 Å². The number of benzene rings is 2. The van der Waals surface area contributed by atoms with Crippen molar-refractivity contribution >= 4 is 39.0 Å². The first-order valence-electron chi connectivity index (χ1n) is 9.39. The van der Waals surface area contributed by atoms with E-state index < -0.39 is 15.9 Å². The van der Waals surface area contributed by atoms with Crippen molar-refractivity contribution in [1.82, 2.24) is 4.31 Å². The summed E-state index contributed by atoms with van der Waals surface area (Å²) in [6.07, 6.45) is 1.23. The third-order valence-electron chi connectivity index (χ3n) is 4.95. The Morgan fingerprint density at radius 2 is 1.90 bits per heavy atom. The molecule has 0 radical (unpaired) electrons. The highest BCUT2D eigenvalue weighted by Gasteiger charge is 2.32. The van der Waals surface area contributed by atoms with Gasteiger partial charge in [0.2, 0.25) is 15.9 Å². The molecular formula is C21H23ClN2O4S. The Morgan fingerprint density at radius 3 is 2.59 bits per heavy atom. The van der Waals surface area contributed by atoms with Crippen LogP contribution in [0.25, 0.3) is 0 Å². The van der Waals surface area contributed by atoms with Crippen molar-refractivity contribution in [3.8, 4) is 0 Å². The Morgan fingerprint density at radius 1 is 1.17 bits per heavy atom. The molecule has 1 unspecified atom stereocenters. The standard InChI is InChI=1S/C21H23ClN2O4S/c1-15(25)17-4-2-6-20(12-17)23-21(26)18-5-3-11-24(13-18)29(27,28)14-16-7-9-19(22)10-8-16/h2,4,6-10,12,18H,3,5,11,13-14H2,1H3,(H,23,26). The van der Waals surface area contributed by atoms with E-state index in [4.69, 9.17) is 11.6 Å². The van der Waals surface area contributed by atoms with Crippen LogP contribution >= 0.6 is 11.6 Å². The average Bonchev–Trinajstić information content (AvgIpc) is 2.70. The number of ketones is 1. The number of hydrogen-bond acceptors (Lipinski definition) is 4. The number of carbonyl (C=O) groups is 2. The maximum absolute atomic E-state index is 12.8. The summed E-state index contributed by atoms with van der Waals surface area (Å²) in [6.45, 7) is 2.01. The number of Topliss-reactive ketones (excluding diaryl/α,β-unsaturated/α-hetero) is 1. The summed E-state index contributed by atoms with van der Waals surface area (Å²) in [5.74, 6) is -0.890. The van der Waals surface area contributed by atoms with Crippen LogP contribution in [0.1, 0.15) is 35.7 Å². The first-order valence-corrected chi connectivity index (χ1v) is 11.4. The SMILES string of the molecule is CC(=O)c1cccc(NC(=O)C2CCCN(S(=O)(=O)Cc3ccc(Cl)cc3)C2)c1. The fourth-order valence-corrected chi connectivity index (χ4v) is 5.09. The van der Waals surface area contributed by atoms with E-state index in [1.165, 1.54) is 11.2 Å². The second-order valence-corrected chi connectivity index (χ2v) is 9.61. The van der Waals surface area contributed by atoms with Crippen LogP contribution in [-0.4, -0.2) is 37.5 Å². The molecule has 154 valence electrons. The number of piperidine rings is 1. The maximum atomic E-state index is 12.8. The van der Waals surface area contributed by atoms with E-state index in [-0.39, 0.29) is 24.0 Å². The lowest BCUT2D eigenvalue weighted by Gasteiger charge is -2.31. The van der Waals surface area contributed by atoms with E-state index >= 15 is 0 Å². The number of sulfonamides is 1. The lowest BCUT2D eigenvalue weighted by Crippen LogP contribution is -2.44. The average molecular weight is 435 g/mol. The van der Waals surface area contributed by atoms with Crippen LogP contribution in [-0.2, 0) is 20.6 Å². The molecule has 8 heteroatoms. The zero-order chi connectivity index (χ0) is 21.0. The van der Waals surface area contributed by atoms with Crippen LogP contribution in [0.15, 0.2) is 48.5 Å². The first kappa shape index (κ1) is 21.5. The van der Waals surface area contributed by atoms with E-state index in [1.807, 2.05) is 0 Å². The molecule has 1 amide bonds. The summed E-state index contributed by atoms with van der Waals surface area (Å²) in [7, 11) is -3.54. The van der Waals surface area contributed by atoms with Crippen molar-refractivity contribution in [2.45, 2.75) is 25.5 Å².